The molecule has 0 heterocycles. The average molecular weight is 285 g/mol. The summed E-state index contributed by atoms with van der Waals surface area (Å²) < 4.78 is 10.6. The van der Waals surface area contributed by atoms with Crippen LogP contribution in [0.25, 0.3) is 0 Å². The number of nitrogens with two attached hydrogens (primary N) is 1. The highest BCUT2D eigenvalue weighted by atomic mass is 16.5. The smallest absolute Gasteiger partial charge is 0.160 e. The lowest BCUT2D eigenvalue weighted by atomic mass is 9.94. The molecule has 0 spiro atoms. The molecule has 3 nitrogen and oxygen atoms in total. The summed E-state index contributed by atoms with van der Waals surface area (Å²) in [5, 5.41) is 0. The quantitative estimate of drug-likeness (QED) is 0.815. The van der Waals surface area contributed by atoms with E-state index in [0.717, 1.165) is 30.0 Å². The number of aryl methyl sites for hydroxylation is 1. The van der Waals surface area contributed by atoms with Crippen LogP contribution in [0.5, 0.6) is 11.5 Å². The molecular weight excluding hydrogens is 262 g/mol. The summed E-state index contributed by atoms with van der Waals surface area (Å²) in [6, 6.07) is 14.2. The van der Waals surface area contributed by atoms with Crippen LogP contribution in [0.1, 0.15) is 30.4 Å². The molecule has 0 saturated carbocycles. The first kappa shape index (κ1) is 15.2. The van der Waals surface area contributed by atoms with Crippen molar-refractivity contribution in [3.05, 3.63) is 53.6 Å². The van der Waals surface area contributed by atoms with E-state index in [0.29, 0.717) is 5.92 Å². The molecule has 0 bridgehead atoms. The Bertz CT molecular complexity index is 596. The Morgan fingerprint density at radius 1 is 1.00 bits per heavy atom. The molecule has 0 aliphatic rings. The number of hydrogen-bond acceptors (Lipinski definition) is 3. The van der Waals surface area contributed by atoms with Gasteiger partial charge in [0.05, 0.1) is 14.2 Å². The molecule has 0 aliphatic carbocycles. The van der Waals surface area contributed by atoms with E-state index in [-0.39, 0.29) is 0 Å². The monoisotopic (exact) mass is 285 g/mol. The van der Waals surface area contributed by atoms with Gasteiger partial charge in [0.1, 0.15) is 0 Å². The Kier molecular flexibility index (Phi) is 5.09. The van der Waals surface area contributed by atoms with Crippen molar-refractivity contribution in [1.82, 2.24) is 0 Å². The number of methoxy groups -OCH3 is 2. The molecule has 21 heavy (non-hydrogen) atoms. The molecule has 2 aromatic rings. The highest BCUT2D eigenvalue weighted by Crippen LogP contribution is 2.29. The van der Waals surface area contributed by atoms with Gasteiger partial charge in [-0.3, -0.25) is 0 Å². The van der Waals surface area contributed by atoms with Gasteiger partial charge in [0.25, 0.3) is 0 Å². The van der Waals surface area contributed by atoms with Crippen LogP contribution in [-0.2, 0) is 6.42 Å². The van der Waals surface area contributed by atoms with Crippen molar-refractivity contribution in [3.63, 3.8) is 0 Å². The van der Waals surface area contributed by atoms with E-state index in [1.165, 1.54) is 11.1 Å². The minimum atomic E-state index is 0.474. The molecular formula is C18H23NO2. The zero-order chi connectivity index (χ0) is 15.2. The third-order valence-electron chi connectivity index (χ3n) is 3.79. The zero-order valence-corrected chi connectivity index (χ0v) is 12.9. The van der Waals surface area contributed by atoms with E-state index in [2.05, 4.69) is 25.1 Å². The molecule has 112 valence electrons. The van der Waals surface area contributed by atoms with Crippen molar-refractivity contribution in [3.8, 4) is 11.5 Å². The third-order valence-corrected chi connectivity index (χ3v) is 3.79. The highest BCUT2D eigenvalue weighted by molar-refractivity contribution is 5.43. The van der Waals surface area contributed by atoms with Crippen molar-refractivity contribution in [2.24, 2.45) is 0 Å². The van der Waals surface area contributed by atoms with E-state index in [1.807, 2.05) is 24.3 Å². The Morgan fingerprint density at radius 3 is 2.43 bits per heavy atom. The summed E-state index contributed by atoms with van der Waals surface area (Å²) in [5.74, 6) is 2.03. The first-order valence-corrected chi connectivity index (χ1v) is 7.20. The topological polar surface area (TPSA) is 44.5 Å². The van der Waals surface area contributed by atoms with Crippen molar-refractivity contribution in [2.75, 3.05) is 20.0 Å². The first-order valence-electron chi connectivity index (χ1n) is 7.20. The Labute approximate surface area is 126 Å². The van der Waals surface area contributed by atoms with Gasteiger partial charge in [-0.15, -0.1) is 0 Å². The number of anilines is 1. The van der Waals surface area contributed by atoms with E-state index < -0.39 is 0 Å². The van der Waals surface area contributed by atoms with Gasteiger partial charge in [0.15, 0.2) is 11.5 Å². The largest absolute Gasteiger partial charge is 0.493 e. The van der Waals surface area contributed by atoms with Crippen LogP contribution in [0, 0.1) is 0 Å². The number of nitrogen functional groups attached to an aromatic ring is 1. The number of benzene rings is 2. The second-order valence-corrected chi connectivity index (χ2v) is 5.30. The molecule has 0 radical (unpaired) electrons. The molecule has 0 unspecified atom stereocenters. The van der Waals surface area contributed by atoms with Gasteiger partial charge < -0.3 is 15.2 Å². The van der Waals surface area contributed by atoms with Gasteiger partial charge in [0, 0.05) is 5.69 Å². The second-order valence-electron chi connectivity index (χ2n) is 5.30. The van der Waals surface area contributed by atoms with Crippen LogP contribution in [-0.4, -0.2) is 14.2 Å². The van der Waals surface area contributed by atoms with Gasteiger partial charge in [0.2, 0.25) is 0 Å². The molecule has 2 rings (SSSR count). The van der Waals surface area contributed by atoms with Gasteiger partial charge in [-0.1, -0.05) is 25.1 Å². The Hall–Kier alpha value is -2.16. The van der Waals surface area contributed by atoms with Crippen LogP contribution in [0.15, 0.2) is 42.5 Å². The summed E-state index contributed by atoms with van der Waals surface area (Å²) in [5.41, 5.74) is 9.21. The average Bonchev–Trinajstić information content (AvgIpc) is 2.52. The zero-order valence-electron chi connectivity index (χ0n) is 12.9. The molecule has 0 aromatic heterocycles. The molecule has 0 fully saturated rings. The Morgan fingerprint density at radius 2 is 1.76 bits per heavy atom. The lowest BCUT2D eigenvalue weighted by molar-refractivity contribution is 0.354. The summed E-state index contributed by atoms with van der Waals surface area (Å²) in [6.45, 7) is 2.23. The maximum absolute atomic E-state index is 5.84. The maximum Gasteiger partial charge on any atom is 0.160 e. The number of rotatable bonds is 6. The van der Waals surface area contributed by atoms with Crippen LogP contribution in [0.3, 0.4) is 0 Å². The fraction of sp³-hybridized carbons (Fsp3) is 0.333. The third kappa shape index (κ3) is 3.91. The van der Waals surface area contributed by atoms with E-state index in [9.17, 15) is 0 Å². The minimum Gasteiger partial charge on any atom is -0.493 e. The molecule has 0 saturated heterocycles. The summed E-state index contributed by atoms with van der Waals surface area (Å²) in [4.78, 5) is 0. The SMILES string of the molecule is COc1ccc(CC[C@@H](C)c2cccc(N)c2)cc1OC. The standard InChI is InChI=1S/C18H23NO2/c1-13(15-5-4-6-16(19)12-15)7-8-14-9-10-17(20-2)18(11-14)21-3/h4-6,9-13H,7-8,19H2,1-3H3/t13-/m1/s1. The van der Waals surface area contributed by atoms with Gasteiger partial charge >= 0.3 is 0 Å². The fourth-order valence-electron chi connectivity index (χ4n) is 2.45. The normalized spacial score (nSPS) is 12.0. The maximum atomic E-state index is 5.84. The fourth-order valence-corrected chi connectivity index (χ4v) is 2.45. The molecule has 0 amide bonds. The van der Waals surface area contributed by atoms with Crippen molar-refractivity contribution in [1.29, 1.82) is 0 Å². The predicted octanol–water partition coefficient (Wildman–Crippen LogP) is 4.02. The van der Waals surface area contributed by atoms with Crippen LogP contribution in [0.4, 0.5) is 5.69 Å². The molecule has 0 aliphatic heterocycles. The summed E-state index contributed by atoms with van der Waals surface area (Å²) >= 11 is 0. The van der Waals surface area contributed by atoms with Gasteiger partial charge in [-0.25, -0.2) is 0 Å². The van der Waals surface area contributed by atoms with Crippen LogP contribution < -0.4 is 15.2 Å². The highest BCUT2D eigenvalue weighted by Gasteiger charge is 2.08. The predicted molar refractivity (Wildman–Crippen MR) is 87.1 cm³/mol. The molecule has 1 atom stereocenters. The van der Waals surface area contributed by atoms with Gasteiger partial charge in [-0.05, 0) is 54.2 Å². The van der Waals surface area contributed by atoms with E-state index >= 15 is 0 Å². The number of hydrogen-bond donors (Lipinski definition) is 1. The second kappa shape index (κ2) is 7.02. The Balaban J connectivity index is 2.02. The lowest BCUT2D eigenvalue weighted by Crippen LogP contribution is -1.98. The summed E-state index contributed by atoms with van der Waals surface area (Å²) in [6.07, 6.45) is 2.06. The minimum absolute atomic E-state index is 0.474. The van der Waals surface area contributed by atoms with Crippen molar-refractivity contribution in [2.45, 2.75) is 25.7 Å². The van der Waals surface area contributed by atoms with Crippen LogP contribution in [0.2, 0.25) is 0 Å². The lowest BCUT2D eigenvalue weighted by Gasteiger charge is -2.14. The molecule has 2 aromatic carbocycles. The first-order chi connectivity index (χ1) is 10.1. The summed E-state index contributed by atoms with van der Waals surface area (Å²) in [7, 11) is 3.32. The van der Waals surface area contributed by atoms with Crippen LogP contribution >= 0.6 is 0 Å². The van der Waals surface area contributed by atoms with Crippen molar-refractivity contribution < 1.29 is 9.47 Å². The van der Waals surface area contributed by atoms with E-state index in [1.54, 1.807) is 14.2 Å². The van der Waals surface area contributed by atoms with E-state index in [4.69, 9.17) is 15.2 Å². The molecule has 3 heteroatoms. The number of ether oxygens (including phenoxy) is 2. The molecule has 2 N–H and O–H groups in total. The van der Waals surface area contributed by atoms with Crippen molar-refractivity contribution >= 4 is 5.69 Å². The van der Waals surface area contributed by atoms with Gasteiger partial charge in [-0.2, -0.15) is 0 Å².